The second-order valence-electron chi connectivity index (χ2n) is 8.63. The quantitative estimate of drug-likeness (QED) is 0.747. The first-order chi connectivity index (χ1) is 10.0. The van der Waals surface area contributed by atoms with E-state index >= 15 is 0 Å². The zero-order valence-electron chi connectivity index (χ0n) is 15.0. The molecular weight excluding hydrogens is 280 g/mol. The lowest BCUT2D eigenvalue weighted by Crippen LogP contribution is -2.66. The predicted molar refractivity (Wildman–Crippen MR) is 87.0 cm³/mol. The van der Waals surface area contributed by atoms with Gasteiger partial charge in [0.2, 0.25) is 0 Å². The molecule has 128 valence electrons. The van der Waals surface area contributed by atoms with E-state index in [-0.39, 0.29) is 17.1 Å². The molecule has 22 heavy (non-hydrogen) atoms. The minimum atomic E-state index is -0.441. The van der Waals surface area contributed by atoms with Gasteiger partial charge in [0.05, 0.1) is 12.2 Å². The summed E-state index contributed by atoms with van der Waals surface area (Å²) in [4.78, 5) is 14.0. The highest BCUT2D eigenvalue weighted by molar-refractivity contribution is 5.68. The second-order valence-corrected chi connectivity index (χ2v) is 8.63. The number of morpholine rings is 1. The fourth-order valence-electron chi connectivity index (χ4n) is 3.65. The maximum absolute atomic E-state index is 12.2. The van der Waals surface area contributed by atoms with Gasteiger partial charge in [0.25, 0.3) is 0 Å². The molecule has 2 aliphatic heterocycles. The van der Waals surface area contributed by atoms with Crippen molar-refractivity contribution >= 4 is 6.09 Å². The predicted octanol–water partition coefficient (Wildman–Crippen LogP) is 2.79. The number of amides is 1. The molecule has 2 aliphatic rings. The Balaban J connectivity index is 2.02. The van der Waals surface area contributed by atoms with Gasteiger partial charge >= 0.3 is 6.09 Å². The molecule has 1 N–H and O–H groups in total. The summed E-state index contributed by atoms with van der Waals surface area (Å²) < 4.78 is 11.7. The minimum absolute atomic E-state index is 0.133. The SMILES string of the molecule is CC(C)(C)OC(=O)N1CCC2(CC1)OCCNC2C(C)(C)C. The zero-order valence-corrected chi connectivity index (χ0v) is 15.0. The number of nitrogens with zero attached hydrogens (tertiary/aromatic N) is 1. The molecular formula is C17H32N2O3. The molecule has 0 aliphatic carbocycles. The first-order valence-electron chi connectivity index (χ1n) is 8.39. The molecule has 5 heteroatoms. The fourth-order valence-corrected chi connectivity index (χ4v) is 3.65. The minimum Gasteiger partial charge on any atom is -0.444 e. The van der Waals surface area contributed by atoms with Gasteiger partial charge in [-0.2, -0.15) is 0 Å². The van der Waals surface area contributed by atoms with Gasteiger partial charge in [0.1, 0.15) is 5.60 Å². The standard InChI is InChI=1S/C17H32N2O3/c1-15(2,3)13-17(21-12-9-18-13)7-10-19(11-8-17)14(20)22-16(4,5)6/h13,18H,7-12H2,1-6H3. The topological polar surface area (TPSA) is 50.8 Å². The molecule has 2 saturated heterocycles. The van der Waals surface area contributed by atoms with E-state index in [4.69, 9.17) is 9.47 Å². The van der Waals surface area contributed by atoms with Gasteiger partial charge in [0, 0.05) is 25.7 Å². The molecule has 1 atom stereocenters. The summed E-state index contributed by atoms with van der Waals surface area (Å²) >= 11 is 0. The molecule has 0 aromatic carbocycles. The summed E-state index contributed by atoms with van der Waals surface area (Å²) in [7, 11) is 0. The third-order valence-electron chi connectivity index (χ3n) is 4.49. The van der Waals surface area contributed by atoms with Crippen molar-refractivity contribution in [3.63, 3.8) is 0 Å². The molecule has 1 unspecified atom stereocenters. The summed E-state index contributed by atoms with van der Waals surface area (Å²) in [5.41, 5.74) is -0.466. The van der Waals surface area contributed by atoms with Crippen molar-refractivity contribution in [1.29, 1.82) is 0 Å². The van der Waals surface area contributed by atoms with Crippen LogP contribution in [0.1, 0.15) is 54.4 Å². The number of hydrogen-bond acceptors (Lipinski definition) is 4. The van der Waals surface area contributed by atoms with E-state index in [1.165, 1.54) is 0 Å². The molecule has 0 saturated carbocycles. The van der Waals surface area contributed by atoms with E-state index in [9.17, 15) is 4.79 Å². The van der Waals surface area contributed by atoms with Gasteiger partial charge in [-0.05, 0) is 39.0 Å². The molecule has 2 rings (SSSR count). The van der Waals surface area contributed by atoms with Crippen molar-refractivity contribution in [2.75, 3.05) is 26.2 Å². The molecule has 0 radical (unpaired) electrons. The number of ether oxygens (including phenoxy) is 2. The fraction of sp³-hybridized carbons (Fsp3) is 0.941. The van der Waals surface area contributed by atoms with E-state index in [2.05, 4.69) is 26.1 Å². The van der Waals surface area contributed by atoms with Crippen LogP contribution >= 0.6 is 0 Å². The highest BCUT2D eigenvalue weighted by atomic mass is 16.6. The molecule has 2 fully saturated rings. The Kier molecular flexibility index (Phi) is 4.79. The Morgan fingerprint density at radius 2 is 1.77 bits per heavy atom. The molecule has 1 spiro atoms. The Labute approximate surface area is 134 Å². The third kappa shape index (κ3) is 3.93. The van der Waals surface area contributed by atoms with Crippen LogP contribution in [0.4, 0.5) is 4.79 Å². The van der Waals surface area contributed by atoms with Crippen LogP contribution in [-0.4, -0.2) is 54.5 Å². The van der Waals surface area contributed by atoms with Gasteiger partial charge in [-0.15, -0.1) is 0 Å². The highest BCUT2D eigenvalue weighted by Crippen LogP contribution is 2.39. The number of rotatable bonds is 0. The van der Waals surface area contributed by atoms with Crippen molar-refractivity contribution in [3.05, 3.63) is 0 Å². The van der Waals surface area contributed by atoms with E-state index in [0.717, 1.165) is 26.0 Å². The Bertz CT molecular complexity index is 401. The normalized spacial score (nSPS) is 26.1. The van der Waals surface area contributed by atoms with Crippen molar-refractivity contribution in [2.24, 2.45) is 5.41 Å². The van der Waals surface area contributed by atoms with Crippen LogP contribution in [0.25, 0.3) is 0 Å². The van der Waals surface area contributed by atoms with E-state index < -0.39 is 5.60 Å². The van der Waals surface area contributed by atoms with Crippen LogP contribution in [0.3, 0.4) is 0 Å². The molecule has 1 amide bonds. The maximum Gasteiger partial charge on any atom is 0.410 e. The lowest BCUT2D eigenvalue weighted by molar-refractivity contribution is -0.147. The number of carbonyl (C=O) groups is 1. The first kappa shape index (κ1) is 17.5. The summed E-state index contributed by atoms with van der Waals surface area (Å²) in [6.45, 7) is 15.5. The zero-order chi connectivity index (χ0) is 16.6. The van der Waals surface area contributed by atoms with Crippen molar-refractivity contribution in [2.45, 2.75) is 71.6 Å². The van der Waals surface area contributed by atoms with Crippen LogP contribution in [0.15, 0.2) is 0 Å². The van der Waals surface area contributed by atoms with Gasteiger partial charge in [-0.1, -0.05) is 20.8 Å². The van der Waals surface area contributed by atoms with Crippen molar-refractivity contribution < 1.29 is 14.3 Å². The van der Waals surface area contributed by atoms with Crippen LogP contribution in [-0.2, 0) is 9.47 Å². The van der Waals surface area contributed by atoms with Gasteiger partial charge in [-0.3, -0.25) is 0 Å². The third-order valence-corrected chi connectivity index (χ3v) is 4.49. The molecule has 0 aromatic rings. The summed E-state index contributed by atoms with van der Waals surface area (Å²) in [5, 5.41) is 3.64. The Hall–Kier alpha value is -0.810. The first-order valence-corrected chi connectivity index (χ1v) is 8.39. The van der Waals surface area contributed by atoms with Crippen molar-refractivity contribution in [1.82, 2.24) is 10.2 Å². The summed E-state index contributed by atoms with van der Waals surface area (Å²) in [6, 6.07) is 0.314. The monoisotopic (exact) mass is 312 g/mol. The second kappa shape index (κ2) is 6.00. The molecule has 2 heterocycles. The van der Waals surface area contributed by atoms with Crippen LogP contribution in [0.2, 0.25) is 0 Å². The van der Waals surface area contributed by atoms with Gasteiger partial charge in [-0.25, -0.2) is 4.79 Å². The Morgan fingerprint density at radius 1 is 1.18 bits per heavy atom. The van der Waals surface area contributed by atoms with E-state index in [1.54, 1.807) is 0 Å². The molecule has 5 nitrogen and oxygen atoms in total. The average Bonchev–Trinajstić information content (AvgIpc) is 2.36. The van der Waals surface area contributed by atoms with Gasteiger partial charge < -0.3 is 19.7 Å². The van der Waals surface area contributed by atoms with Crippen LogP contribution < -0.4 is 5.32 Å². The van der Waals surface area contributed by atoms with Crippen LogP contribution in [0, 0.1) is 5.41 Å². The largest absolute Gasteiger partial charge is 0.444 e. The van der Waals surface area contributed by atoms with Crippen molar-refractivity contribution in [3.8, 4) is 0 Å². The summed E-state index contributed by atoms with van der Waals surface area (Å²) in [6.07, 6.45) is 1.51. The lowest BCUT2D eigenvalue weighted by Gasteiger charge is -2.53. The molecule has 0 aromatic heterocycles. The Morgan fingerprint density at radius 3 is 2.27 bits per heavy atom. The average molecular weight is 312 g/mol. The van der Waals surface area contributed by atoms with E-state index in [1.807, 2.05) is 25.7 Å². The lowest BCUT2D eigenvalue weighted by atomic mass is 9.71. The number of piperidine rings is 1. The number of nitrogens with one attached hydrogen (secondary N) is 1. The number of hydrogen-bond donors (Lipinski definition) is 1. The maximum atomic E-state index is 12.2. The number of carbonyl (C=O) groups excluding carboxylic acids is 1. The van der Waals surface area contributed by atoms with E-state index in [0.29, 0.717) is 19.1 Å². The molecule has 0 bridgehead atoms. The number of likely N-dealkylation sites (tertiary alicyclic amines) is 1. The smallest absolute Gasteiger partial charge is 0.410 e. The van der Waals surface area contributed by atoms with Crippen LogP contribution in [0.5, 0.6) is 0 Å². The highest BCUT2D eigenvalue weighted by Gasteiger charge is 2.49. The summed E-state index contributed by atoms with van der Waals surface area (Å²) in [5.74, 6) is 0. The van der Waals surface area contributed by atoms with Gasteiger partial charge in [0.15, 0.2) is 0 Å².